The van der Waals surface area contributed by atoms with Gasteiger partial charge in [-0.05, 0) is 53.6 Å². The molecule has 1 aliphatic carbocycles. The molecule has 2 N–H and O–H groups in total. The minimum atomic E-state index is 0.0455. The molecule has 2 aromatic rings. The molecular formula is C21H23Cl2NO2S. The average Bonchev–Trinajstić information content (AvgIpc) is 3.41. The maximum atomic E-state index is 11.8. The van der Waals surface area contributed by atoms with Crippen LogP contribution in [0.1, 0.15) is 49.3 Å². The monoisotopic (exact) mass is 423 g/mol. The number of carbonyl (C=O) groups excluding carboxylic acids is 1. The Kier molecular flexibility index (Phi) is 6.61. The first kappa shape index (κ1) is 20.4. The molecule has 0 atom stereocenters. The molecule has 0 saturated heterocycles. The Morgan fingerprint density at radius 1 is 1.22 bits per heavy atom. The summed E-state index contributed by atoms with van der Waals surface area (Å²) in [5.41, 5.74) is 2.81. The largest absolute Gasteiger partial charge is 0.508 e. The molecule has 0 aliphatic heterocycles. The van der Waals surface area contributed by atoms with Crippen molar-refractivity contribution in [2.24, 2.45) is 0 Å². The number of hydrogen-bond acceptors (Lipinski definition) is 3. The summed E-state index contributed by atoms with van der Waals surface area (Å²) >= 11 is 14.4. The molecule has 0 radical (unpaired) electrons. The van der Waals surface area contributed by atoms with Crippen LogP contribution in [0.25, 0.3) is 0 Å². The standard InChI is InChI=1S/C21H23Cl2NO2S/c1-12(2)16-7-13(3-6-20(16)25)8-17-18(22)9-15(10-19(17)23)27-11-21(26)24-14-4-5-14/h3,6-7,9-10,12,14,25H,4-5,8,11H2,1-2H3,(H,24,26). The van der Waals surface area contributed by atoms with Crippen molar-refractivity contribution in [3.63, 3.8) is 0 Å². The minimum absolute atomic E-state index is 0.0455. The van der Waals surface area contributed by atoms with Crippen molar-refractivity contribution in [2.45, 2.75) is 50.0 Å². The average molecular weight is 424 g/mol. The molecule has 6 heteroatoms. The fourth-order valence-electron chi connectivity index (χ4n) is 2.86. The first-order valence-electron chi connectivity index (χ1n) is 9.05. The van der Waals surface area contributed by atoms with Crippen LogP contribution in [0.2, 0.25) is 10.0 Å². The third-order valence-electron chi connectivity index (χ3n) is 4.52. The van der Waals surface area contributed by atoms with E-state index in [4.69, 9.17) is 23.2 Å². The summed E-state index contributed by atoms with van der Waals surface area (Å²) in [5, 5.41) is 14.1. The van der Waals surface area contributed by atoms with Gasteiger partial charge in [-0.2, -0.15) is 0 Å². The highest BCUT2D eigenvalue weighted by Crippen LogP contribution is 2.34. The number of nitrogens with one attached hydrogen (secondary N) is 1. The summed E-state index contributed by atoms with van der Waals surface area (Å²) in [7, 11) is 0. The number of halogens is 2. The Balaban J connectivity index is 1.71. The molecular weight excluding hydrogens is 401 g/mol. The predicted molar refractivity (Wildman–Crippen MR) is 113 cm³/mol. The molecule has 2 aromatic carbocycles. The molecule has 0 spiro atoms. The van der Waals surface area contributed by atoms with Crippen LogP contribution in [0.4, 0.5) is 0 Å². The SMILES string of the molecule is CC(C)c1cc(Cc2c(Cl)cc(SCC(=O)NC3CC3)cc2Cl)ccc1O. The smallest absolute Gasteiger partial charge is 0.230 e. The van der Waals surface area contributed by atoms with Gasteiger partial charge < -0.3 is 10.4 Å². The third-order valence-corrected chi connectivity index (χ3v) is 6.17. The third kappa shape index (κ3) is 5.56. The van der Waals surface area contributed by atoms with Crippen molar-refractivity contribution in [2.75, 3.05) is 5.75 Å². The molecule has 0 unspecified atom stereocenters. The molecule has 1 amide bonds. The zero-order valence-corrected chi connectivity index (χ0v) is 17.7. The Hall–Kier alpha value is -1.36. The summed E-state index contributed by atoms with van der Waals surface area (Å²) in [6, 6.07) is 9.70. The summed E-state index contributed by atoms with van der Waals surface area (Å²) in [6.07, 6.45) is 2.75. The normalized spacial score (nSPS) is 13.8. The predicted octanol–water partition coefficient (Wildman–Crippen LogP) is 5.78. The Morgan fingerprint density at radius 3 is 2.48 bits per heavy atom. The maximum absolute atomic E-state index is 11.8. The van der Waals surface area contributed by atoms with Gasteiger partial charge in [0, 0.05) is 27.4 Å². The van der Waals surface area contributed by atoms with Gasteiger partial charge in [-0.1, -0.05) is 49.2 Å². The first-order chi connectivity index (χ1) is 12.8. The highest BCUT2D eigenvalue weighted by Gasteiger charge is 2.23. The Labute approximate surface area is 174 Å². The van der Waals surface area contributed by atoms with E-state index in [9.17, 15) is 9.90 Å². The van der Waals surface area contributed by atoms with E-state index < -0.39 is 0 Å². The van der Waals surface area contributed by atoms with E-state index in [0.717, 1.165) is 34.4 Å². The molecule has 0 aromatic heterocycles. The second kappa shape index (κ2) is 8.76. The second-order valence-corrected chi connectivity index (χ2v) is 9.08. The zero-order valence-electron chi connectivity index (χ0n) is 15.4. The van der Waals surface area contributed by atoms with E-state index in [1.807, 2.05) is 38.1 Å². The number of thioether (sulfide) groups is 1. The quantitative estimate of drug-likeness (QED) is 0.554. The van der Waals surface area contributed by atoms with Crippen molar-refractivity contribution in [1.29, 1.82) is 0 Å². The first-order valence-corrected chi connectivity index (χ1v) is 10.8. The van der Waals surface area contributed by atoms with Crippen molar-refractivity contribution < 1.29 is 9.90 Å². The number of amides is 1. The van der Waals surface area contributed by atoms with Gasteiger partial charge in [-0.15, -0.1) is 11.8 Å². The van der Waals surface area contributed by atoms with Gasteiger partial charge in [0.1, 0.15) is 5.75 Å². The fourth-order valence-corrected chi connectivity index (χ4v) is 4.39. The number of phenols is 1. The number of carbonyl (C=O) groups is 1. The summed E-state index contributed by atoms with van der Waals surface area (Å²) in [4.78, 5) is 12.7. The van der Waals surface area contributed by atoms with E-state index >= 15 is 0 Å². The number of hydrogen-bond donors (Lipinski definition) is 2. The van der Waals surface area contributed by atoms with Crippen LogP contribution in [0.5, 0.6) is 5.75 Å². The van der Waals surface area contributed by atoms with Gasteiger partial charge in [-0.25, -0.2) is 0 Å². The number of benzene rings is 2. The van der Waals surface area contributed by atoms with Crippen molar-refractivity contribution in [3.8, 4) is 5.75 Å². The molecule has 0 bridgehead atoms. The Morgan fingerprint density at radius 2 is 1.89 bits per heavy atom. The lowest BCUT2D eigenvalue weighted by Crippen LogP contribution is -2.26. The lowest BCUT2D eigenvalue weighted by atomic mass is 9.96. The topological polar surface area (TPSA) is 49.3 Å². The molecule has 3 nitrogen and oxygen atoms in total. The van der Waals surface area contributed by atoms with E-state index in [1.165, 1.54) is 11.8 Å². The highest BCUT2D eigenvalue weighted by atomic mass is 35.5. The van der Waals surface area contributed by atoms with Gasteiger partial charge in [0.15, 0.2) is 0 Å². The lowest BCUT2D eigenvalue weighted by Gasteiger charge is -2.13. The number of rotatable bonds is 7. The zero-order chi connectivity index (χ0) is 19.6. The number of aromatic hydroxyl groups is 1. The van der Waals surface area contributed by atoms with Gasteiger partial charge >= 0.3 is 0 Å². The highest BCUT2D eigenvalue weighted by molar-refractivity contribution is 8.00. The molecule has 3 rings (SSSR count). The van der Waals surface area contributed by atoms with Crippen LogP contribution in [0.3, 0.4) is 0 Å². The van der Waals surface area contributed by atoms with Crippen LogP contribution >= 0.6 is 35.0 Å². The van der Waals surface area contributed by atoms with Crippen LogP contribution in [0, 0.1) is 0 Å². The molecule has 27 heavy (non-hydrogen) atoms. The van der Waals surface area contributed by atoms with Gasteiger partial charge in [-0.3, -0.25) is 4.79 Å². The Bertz CT molecular complexity index is 827. The fraction of sp³-hybridized carbons (Fsp3) is 0.381. The molecule has 1 aliphatic rings. The van der Waals surface area contributed by atoms with E-state index in [2.05, 4.69) is 5.32 Å². The van der Waals surface area contributed by atoms with Crippen molar-refractivity contribution in [3.05, 3.63) is 57.1 Å². The maximum Gasteiger partial charge on any atom is 0.230 e. The molecule has 0 heterocycles. The molecule has 144 valence electrons. The van der Waals surface area contributed by atoms with E-state index in [-0.39, 0.29) is 11.8 Å². The summed E-state index contributed by atoms with van der Waals surface area (Å²) < 4.78 is 0. The van der Waals surface area contributed by atoms with E-state index in [1.54, 1.807) is 6.07 Å². The number of phenolic OH excluding ortho intramolecular Hbond substituents is 1. The summed E-state index contributed by atoms with van der Waals surface area (Å²) in [5.74, 6) is 0.945. The summed E-state index contributed by atoms with van der Waals surface area (Å²) in [6.45, 7) is 4.09. The van der Waals surface area contributed by atoms with Crippen molar-refractivity contribution in [1.82, 2.24) is 5.32 Å². The van der Waals surface area contributed by atoms with Crippen LogP contribution in [-0.4, -0.2) is 22.8 Å². The van der Waals surface area contributed by atoms with Gasteiger partial charge in [0.25, 0.3) is 0 Å². The van der Waals surface area contributed by atoms with Crippen molar-refractivity contribution >= 4 is 40.9 Å². The van der Waals surface area contributed by atoms with Crippen LogP contribution in [-0.2, 0) is 11.2 Å². The van der Waals surface area contributed by atoms with E-state index in [0.29, 0.717) is 34.0 Å². The molecule has 1 saturated carbocycles. The lowest BCUT2D eigenvalue weighted by molar-refractivity contribution is -0.118. The van der Waals surface area contributed by atoms with Gasteiger partial charge in [0.05, 0.1) is 5.75 Å². The molecule has 1 fully saturated rings. The van der Waals surface area contributed by atoms with Crippen LogP contribution in [0.15, 0.2) is 35.2 Å². The second-order valence-electron chi connectivity index (χ2n) is 7.22. The minimum Gasteiger partial charge on any atom is -0.508 e. The van der Waals surface area contributed by atoms with Crippen LogP contribution < -0.4 is 5.32 Å². The van der Waals surface area contributed by atoms with Gasteiger partial charge in [0.2, 0.25) is 5.91 Å².